The summed E-state index contributed by atoms with van der Waals surface area (Å²) in [4.78, 5) is 42.4. The highest BCUT2D eigenvalue weighted by molar-refractivity contribution is 8.00. The van der Waals surface area contributed by atoms with Gasteiger partial charge in [0.05, 0.1) is 17.6 Å². The van der Waals surface area contributed by atoms with E-state index < -0.39 is 0 Å². The fourth-order valence-electron chi connectivity index (χ4n) is 4.36. The number of unbranched alkanes of at least 4 members (excludes halogenated alkanes) is 1. The number of carbonyl (C=O) groups excluding carboxylic acids is 3. The van der Waals surface area contributed by atoms with Crippen molar-refractivity contribution in [1.29, 1.82) is 0 Å². The molecule has 0 saturated carbocycles. The molecule has 1 aromatic heterocycles. The van der Waals surface area contributed by atoms with E-state index in [2.05, 4.69) is 15.6 Å². The number of likely N-dealkylation sites (N-methyl/N-ethyl adjacent to an activating group) is 1. The number of hydrogen-bond acceptors (Lipinski definition) is 5. The monoisotopic (exact) mass is 446 g/mol. The molecular weight excluding hydrogens is 412 g/mol. The summed E-state index contributed by atoms with van der Waals surface area (Å²) in [6, 6.07) is 4.30. The molecule has 31 heavy (non-hydrogen) atoms. The second-order valence-corrected chi connectivity index (χ2v) is 9.51. The van der Waals surface area contributed by atoms with Crippen LogP contribution in [0, 0.1) is 0 Å². The van der Waals surface area contributed by atoms with Gasteiger partial charge in [0.2, 0.25) is 0 Å². The molecule has 7 nitrogen and oxygen atoms in total. The van der Waals surface area contributed by atoms with E-state index >= 15 is 0 Å². The first-order valence-electron chi connectivity index (χ1n) is 11.5. The Morgan fingerprint density at radius 3 is 2.74 bits per heavy atom. The molecule has 2 N–H and O–H groups in total. The van der Waals surface area contributed by atoms with Crippen molar-refractivity contribution in [2.45, 2.75) is 76.1 Å². The number of nitrogens with one attached hydrogen (secondary N) is 2. The molecule has 2 unspecified atom stereocenters. The smallest absolute Gasteiger partial charge is 0.318 e. The minimum absolute atomic E-state index is 0.0688. The molecule has 1 aromatic rings. The Kier molecular flexibility index (Phi) is 8.75. The van der Waals surface area contributed by atoms with Gasteiger partial charge in [-0.25, -0.2) is 4.79 Å². The van der Waals surface area contributed by atoms with Crippen LogP contribution in [0.25, 0.3) is 0 Å². The topological polar surface area (TPSA) is 91.4 Å². The Bertz CT molecular complexity index is 771. The van der Waals surface area contributed by atoms with Crippen LogP contribution >= 0.6 is 11.8 Å². The number of ketones is 1. The van der Waals surface area contributed by atoms with Crippen LogP contribution in [0.1, 0.15) is 68.4 Å². The highest BCUT2D eigenvalue weighted by Gasteiger charge is 2.47. The van der Waals surface area contributed by atoms with Gasteiger partial charge in [-0.1, -0.05) is 13.3 Å². The summed E-state index contributed by atoms with van der Waals surface area (Å²) in [5, 5.41) is 6.41. The van der Waals surface area contributed by atoms with Gasteiger partial charge in [0.25, 0.3) is 5.91 Å². The number of fused-ring (bicyclic) bond motifs is 1. The molecule has 0 spiro atoms. The first-order valence-corrected chi connectivity index (χ1v) is 12.5. The van der Waals surface area contributed by atoms with Gasteiger partial charge in [-0.15, -0.1) is 0 Å². The van der Waals surface area contributed by atoms with Crippen molar-refractivity contribution < 1.29 is 14.4 Å². The van der Waals surface area contributed by atoms with E-state index in [9.17, 15) is 14.4 Å². The lowest BCUT2D eigenvalue weighted by Gasteiger charge is -2.26. The number of nitrogens with zero attached hydrogens (tertiary/aromatic N) is 2. The fraction of sp³-hybridized carbons (Fsp3) is 0.652. The lowest BCUT2D eigenvalue weighted by atomic mass is 10.0. The van der Waals surface area contributed by atoms with E-state index in [-0.39, 0.29) is 23.8 Å². The van der Waals surface area contributed by atoms with Crippen LogP contribution in [-0.4, -0.2) is 63.8 Å². The molecule has 3 heterocycles. The van der Waals surface area contributed by atoms with Gasteiger partial charge in [-0.2, -0.15) is 11.8 Å². The highest BCUT2D eigenvalue weighted by Crippen LogP contribution is 2.37. The lowest BCUT2D eigenvalue weighted by Crippen LogP contribution is -2.40. The average molecular weight is 447 g/mol. The van der Waals surface area contributed by atoms with Crippen molar-refractivity contribution in [1.82, 2.24) is 20.5 Å². The normalized spacial score (nSPS) is 22.3. The van der Waals surface area contributed by atoms with Crippen LogP contribution in [0.2, 0.25) is 0 Å². The van der Waals surface area contributed by atoms with E-state index in [1.807, 2.05) is 36.6 Å². The van der Waals surface area contributed by atoms with Gasteiger partial charge >= 0.3 is 6.03 Å². The first-order chi connectivity index (χ1) is 15.0. The van der Waals surface area contributed by atoms with E-state index in [0.29, 0.717) is 42.7 Å². The first kappa shape index (κ1) is 23.6. The highest BCUT2D eigenvalue weighted by atomic mass is 32.2. The van der Waals surface area contributed by atoms with Crippen molar-refractivity contribution >= 4 is 29.5 Å². The number of hydrogen-bond donors (Lipinski definition) is 2. The number of urea groups is 1. The molecule has 0 aromatic carbocycles. The Labute approximate surface area is 189 Å². The Morgan fingerprint density at radius 2 is 2.03 bits per heavy atom. The molecule has 3 amide bonds. The van der Waals surface area contributed by atoms with Gasteiger partial charge in [-0.3, -0.25) is 14.6 Å². The average Bonchev–Trinajstić information content (AvgIpc) is 3.31. The summed E-state index contributed by atoms with van der Waals surface area (Å²) in [5.41, 5.74) is 1.51. The number of Topliss-reactive ketones (excluding diaryl/α,β-unsaturated/α-hetero) is 1. The molecule has 2 fully saturated rings. The molecule has 0 radical (unpaired) electrons. The summed E-state index contributed by atoms with van der Waals surface area (Å²) in [5.74, 6) is 1.10. The van der Waals surface area contributed by atoms with Gasteiger partial charge in [0, 0.05) is 48.8 Å². The van der Waals surface area contributed by atoms with Gasteiger partial charge in [0.1, 0.15) is 5.78 Å². The van der Waals surface area contributed by atoms with Gasteiger partial charge in [-0.05, 0) is 44.7 Å². The summed E-state index contributed by atoms with van der Waals surface area (Å²) < 4.78 is 0. The van der Waals surface area contributed by atoms with Gasteiger partial charge < -0.3 is 15.5 Å². The number of thioether (sulfide) groups is 1. The number of aromatic nitrogens is 1. The Morgan fingerprint density at radius 1 is 1.23 bits per heavy atom. The molecular formula is C23H34N4O3S. The van der Waals surface area contributed by atoms with Crippen molar-refractivity contribution in [2.75, 3.05) is 18.8 Å². The van der Waals surface area contributed by atoms with E-state index in [4.69, 9.17) is 0 Å². The minimum atomic E-state index is -0.143. The molecule has 0 bridgehead atoms. The maximum Gasteiger partial charge on any atom is 0.318 e. The summed E-state index contributed by atoms with van der Waals surface area (Å²) in [7, 11) is 0. The summed E-state index contributed by atoms with van der Waals surface area (Å²) in [6.07, 6.45) is 7.14. The van der Waals surface area contributed by atoms with E-state index in [0.717, 1.165) is 43.7 Å². The second-order valence-electron chi connectivity index (χ2n) is 8.24. The zero-order chi connectivity index (χ0) is 22.2. The van der Waals surface area contributed by atoms with E-state index in [1.54, 1.807) is 12.3 Å². The SMILES string of the molecule is CCc1ccc(C(=O)NCCCC(=O)CCCC[C@@H]2SCC3NC(=O)N(CC)C32)cn1. The van der Waals surface area contributed by atoms with Crippen LogP contribution in [0.15, 0.2) is 18.3 Å². The molecule has 2 saturated heterocycles. The molecule has 0 aliphatic carbocycles. The van der Waals surface area contributed by atoms with Crippen molar-refractivity contribution in [3.05, 3.63) is 29.6 Å². The van der Waals surface area contributed by atoms with E-state index in [1.165, 1.54) is 0 Å². The molecule has 170 valence electrons. The third-order valence-electron chi connectivity index (χ3n) is 6.11. The quantitative estimate of drug-likeness (QED) is 0.380. The predicted molar refractivity (Wildman–Crippen MR) is 123 cm³/mol. The number of rotatable bonds is 12. The molecule has 3 rings (SSSR count). The summed E-state index contributed by atoms with van der Waals surface area (Å²) in [6.45, 7) is 5.30. The van der Waals surface area contributed by atoms with Crippen LogP contribution in [0.4, 0.5) is 4.79 Å². The van der Waals surface area contributed by atoms with Gasteiger partial charge in [0.15, 0.2) is 0 Å². The molecule has 2 aliphatic heterocycles. The number of carbonyl (C=O) groups is 3. The maximum atomic E-state index is 12.2. The van der Waals surface area contributed by atoms with Crippen LogP contribution in [-0.2, 0) is 11.2 Å². The maximum absolute atomic E-state index is 12.2. The largest absolute Gasteiger partial charge is 0.352 e. The standard InChI is InChI=1S/C23H34N4O3S/c1-3-17-12-11-16(14-25-17)22(29)24-13-7-9-18(28)8-5-6-10-20-21-19(15-31-20)26-23(30)27(21)4-2/h11-12,14,19-21H,3-10,13,15H2,1-2H3,(H,24,29)(H,26,30)/t19?,20-,21?/m0/s1. The third kappa shape index (κ3) is 6.21. The molecule has 3 atom stereocenters. The van der Waals surface area contributed by atoms with Crippen molar-refractivity contribution in [2.24, 2.45) is 0 Å². The zero-order valence-electron chi connectivity index (χ0n) is 18.6. The minimum Gasteiger partial charge on any atom is -0.352 e. The number of aryl methyl sites for hydroxylation is 1. The molecule has 2 aliphatic rings. The van der Waals surface area contributed by atoms with Crippen LogP contribution < -0.4 is 10.6 Å². The zero-order valence-corrected chi connectivity index (χ0v) is 19.4. The molecule has 8 heteroatoms. The number of amides is 3. The van der Waals surface area contributed by atoms with Crippen LogP contribution in [0.3, 0.4) is 0 Å². The fourth-order valence-corrected chi connectivity index (χ4v) is 5.97. The van der Waals surface area contributed by atoms with Crippen molar-refractivity contribution in [3.8, 4) is 0 Å². The Balaban J connectivity index is 1.26. The predicted octanol–water partition coefficient (Wildman–Crippen LogP) is 3.18. The number of pyridine rings is 1. The second kappa shape index (κ2) is 11.5. The summed E-state index contributed by atoms with van der Waals surface area (Å²) >= 11 is 1.95. The third-order valence-corrected chi connectivity index (χ3v) is 7.61. The van der Waals surface area contributed by atoms with Crippen LogP contribution in [0.5, 0.6) is 0 Å². The lowest BCUT2D eigenvalue weighted by molar-refractivity contribution is -0.119. The van der Waals surface area contributed by atoms with Crippen molar-refractivity contribution in [3.63, 3.8) is 0 Å². The Hall–Kier alpha value is -2.09.